The predicted octanol–water partition coefficient (Wildman–Crippen LogP) is 1.31. The highest BCUT2D eigenvalue weighted by Crippen LogP contribution is 2.15. The predicted molar refractivity (Wildman–Crippen MR) is 68.4 cm³/mol. The molecule has 1 amide bonds. The van der Waals surface area contributed by atoms with Gasteiger partial charge in [0.2, 0.25) is 5.91 Å². The molecule has 0 spiro atoms. The molecule has 0 atom stereocenters. The molecule has 4 N–H and O–H groups in total. The van der Waals surface area contributed by atoms with Crippen LogP contribution in [-0.4, -0.2) is 21.9 Å². The second kappa shape index (κ2) is 5.13. The molecule has 1 heterocycles. The van der Waals surface area contributed by atoms with Gasteiger partial charge >= 0.3 is 0 Å². The first kappa shape index (κ1) is 11.8. The molecule has 0 saturated carbocycles. The number of amides is 1. The highest BCUT2D eigenvalue weighted by Gasteiger charge is 2.06. The number of amidine groups is 1. The van der Waals surface area contributed by atoms with Crippen LogP contribution in [0.3, 0.4) is 0 Å². The molecule has 0 aliphatic heterocycles. The van der Waals surface area contributed by atoms with Crippen molar-refractivity contribution in [2.45, 2.75) is 6.42 Å². The van der Waals surface area contributed by atoms with Crippen LogP contribution in [0.4, 0.5) is 5.69 Å². The number of nitrogens with two attached hydrogens (primary N) is 1. The van der Waals surface area contributed by atoms with Gasteiger partial charge in [-0.3, -0.25) is 9.78 Å². The number of nitrogens with one attached hydrogen (secondary N) is 1. The Hall–Kier alpha value is -2.63. The van der Waals surface area contributed by atoms with E-state index in [1.54, 1.807) is 6.20 Å². The fourth-order valence-corrected chi connectivity index (χ4v) is 1.54. The highest BCUT2D eigenvalue weighted by atomic mass is 16.4. The summed E-state index contributed by atoms with van der Waals surface area (Å²) in [6, 6.07) is 9.39. The summed E-state index contributed by atoms with van der Waals surface area (Å²) in [5.74, 6) is -0.497. The average molecular weight is 244 g/mol. The maximum Gasteiger partial charge on any atom is 0.232 e. The topological polar surface area (TPSA) is 101 Å². The second-order valence-corrected chi connectivity index (χ2v) is 3.73. The number of para-hydroxylation sites is 1. The zero-order valence-electron chi connectivity index (χ0n) is 9.50. The van der Waals surface area contributed by atoms with Crippen LogP contribution in [-0.2, 0) is 4.79 Å². The number of oxime groups is 1. The number of hydrogen-bond acceptors (Lipinski definition) is 4. The maximum absolute atomic E-state index is 11.5. The summed E-state index contributed by atoms with van der Waals surface area (Å²) in [6.07, 6.45) is 1.40. The van der Waals surface area contributed by atoms with E-state index >= 15 is 0 Å². The summed E-state index contributed by atoms with van der Waals surface area (Å²) in [5, 5.41) is 14.7. The minimum absolute atomic E-state index is 0.138. The maximum atomic E-state index is 11.5. The van der Waals surface area contributed by atoms with Gasteiger partial charge < -0.3 is 16.3 Å². The van der Waals surface area contributed by atoms with Gasteiger partial charge in [0, 0.05) is 5.39 Å². The van der Waals surface area contributed by atoms with Gasteiger partial charge in [-0.2, -0.15) is 0 Å². The number of benzene rings is 1. The van der Waals surface area contributed by atoms with Crippen molar-refractivity contribution in [3.8, 4) is 0 Å². The minimum atomic E-state index is -0.359. The molecular weight excluding hydrogens is 232 g/mol. The van der Waals surface area contributed by atoms with Crippen molar-refractivity contribution in [3.63, 3.8) is 0 Å². The van der Waals surface area contributed by atoms with Crippen LogP contribution in [0.2, 0.25) is 0 Å². The first-order valence-corrected chi connectivity index (χ1v) is 5.30. The third-order valence-electron chi connectivity index (χ3n) is 2.34. The van der Waals surface area contributed by atoms with Gasteiger partial charge in [0.25, 0.3) is 0 Å². The lowest BCUT2D eigenvalue weighted by molar-refractivity contribution is -0.115. The van der Waals surface area contributed by atoms with Crippen molar-refractivity contribution in [3.05, 3.63) is 36.5 Å². The van der Waals surface area contributed by atoms with E-state index in [1.165, 1.54) is 0 Å². The number of aromatic nitrogens is 1. The van der Waals surface area contributed by atoms with E-state index in [9.17, 15) is 4.79 Å². The minimum Gasteiger partial charge on any atom is -0.409 e. The van der Waals surface area contributed by atoms with Crippen molar-refractivity contribution >= 4 is 28.3 Å². The standard InChI is InChI=1S/C12H12N4O2/c13-11(16-18)6-12(17)15-9-5-8-3-1-2-4-10(8)14-7-9/h1-5,7,18H,6H2,(H2,13,16)(H,15,17). The number of carbonyl (C=O) groups excluding carboxylic acids is 1. The SMILES string of the molecule is NC(CC(=O)Nc1cnc2ccccc2c1)=NO. The first-order chi connectivity index (χ1) is 8.69. The Bertz CT molecular complexity index is 610. The van der Waals surface area contributed by atoms with E-state index in [0.29, 0.717) is 5.69 Å². The molecule has 6 heteroatoms. The molecule has 6 nitrogen and oxygen atoms in total. The Morgan fingerprint density at radius 1 is 1.44 bits per heavy atom. The van der Waals surface area contributed by atoms with Gasteiger partial charge in [0.15, 0.2) is 0 Å². The smallest absolute Gasteiger partial charge is 0.232 e. The number of nitrogens with zero attached hydrogens (tertiary/aromatic N) is 2. The van der Waals surface area contributed by atoms with E-state index in [4.69, 9.17) is 10.9 Å². The summed E-state index contributed by atoms with van der Waals surface area (Å²) in [4.78, 5) is 15.7. The zero-order valence-corrected chi connectivity index (χ0v) is 9.50. The highest BCUT2D eigenvalue weighted by molar-refractivity contribution is 6.05. The van der Waals surface area contributed by atoms with Crippen LogP contribution in [0.25, 0.3) is 10.9 Å². The number of hydrogen-bond donors (Lipinski definition) is 3. The van der Waals surface area contributed by atoms with E-state index in [-0.39, 0.29) is 18.2 Å². The molecule has 0 radical (unpaired) electrons. The van der Waals surface area contributed by atoms with Gasteiger partial charge in [-0.15, -0.1) is 0 Å². The molecule has 0 aliphatic carbocycles. The van der Waals surface area contributed by atoms with E-state index < -0.39 is 0 Å². The molecule has 92 valence electrons. The van der Waals surface area contributed by atoms with Gasteiger partial charge in [-0.1, -0.05) is 23.4 Å². The second-order valence-electron chi connectivity index (χ2n) is 3.73. The molecule has 2 rings (SSSR count). The van der Waals surface area contributed by atoms with Gasteiger partial charge in [0.1, 0.15) is 5.84 Å². The van der Waals surface area contributed by atoms with E-state index in [0.717, 1.165) is 10.9 Å². The molecule has 0 unspecified atom stereocenters. The molecule has 0 bridgehead atoms. The monoisotopic (exact) mass is 244 g/mol. The van der Waals surface area contributed by atoms with Gasteiger partial charge in [-0.25, -0.2) is 0 Å². The number of anilines is 1. The van der Waals surface area contributed by atoms with Gasteiger partial charge in [-0.05, 0) is 12.1 Å². The first-order valence-electron chi connectivity index (χ1n) is 5.30. The molecule has 2 aromatic rings. The third-order valence-corrected chi connectivity index (χ3v) is 2.34. The van der Waals surface area contributed by atoms with Crippen LogP contribution in [0.5, 0.6) is 0 Å². The number of rotatable bonds is 3. The van der Waals surface area contributed by atoms with Crippen molar-refractivity contribution in [2.75, 3.05) is 5.32 Å². The van der Waals surface area contributed by atoms with Crippen LogP contribution in [0, 0.1) is 0 Å². The lowest BCUT2D eigenvalue weighted by atomic mass is 10.2. The normalized spacial score (nSPS) is 11.4. The molecular formula is C12H12N4O2. The van der Waals surface area contributed by atoms with E-state index in [1.807, 2.05) is 30.3 Å². The van der Waals surface area contributed by atoms with Crippen molar-refractivity contribution in [1.29, 1.82) is 0 Å². The van der Waals surface area contributed by atoms with Crippen LogP contribution in [0.1, 0.15) is 6.42 Å². The molecule has 0 fully saturated rings. The number of fused-ring (bicyclic) bond motifs is 1. The molecule has 0 aliphatic rings. The van der Waals surface area contributed by atoms with Crippen molar-refractivity contribution in [2.24, 2.45) is 10.9 Å². The summed E-state index contributed by atoms with van der Waals surface area (Å²) in [6.45, 7) is 0. The Balaban J connectivity index is 2.14. The van der Waals surface area contributed by atoms with Crippen molar-refractivity contribution < 1.29 is 10.0 Å². The van der Waals surface area contributed by atoms with Crippen molar-refractivity contribution in [1.82, 2.24) is 4.98 Å². The molecule has 0 saturated heterocycles. The number of pyridine rings is 1. The number of carbonyl (C=O) groups is 1. The fraction of sp³-hybridized carbons (Fsp3) is 0.0833. The Labute approximate surface area is 103 Å². The molecule has 18 heavy (non-hydrogen) atoms. The third kappa shape index (κ3) is 2.73. The summed E-state index contributed by atoms with van der Waals surface area (Å²) in [5.41, 5.74) is 6.67. The molecule has 1 aromatic heterocycles. The lowest BCUT2D eigenvalue weighted by Gasteiger charge is -2.05. The van der Waals surface area contributed by atoms with Crippen LogP contribution < -0.4 is 11.1 Å². The Morgan fingerprint density at radius 2 is 2.22 bits per heavy atom. The summed E-state index contributed by atoms with van der Waals surface area (Å²) in [7, 11) is 0. The lowest BCUT2D eigenvalue weighted by Crippen LogP contribution is -2.22. The van der Waals surface area contributed by atoms with Crippen LogP contribution >= 0.6 is 0 Å². The largest absolute Gasteiger partial charge is 0.409 e. The average Bonchev–Trinajstić information content (AvgIpc) is 2.38. The molecule has 1 aromatic carbocycles. The Morgan fingerprint density at radius 3 is 3.00 bits per heavy atom. The van der Waals surface area contributed by atoms with E-state index in [2.05, 4.69) is 15.5 Å². The van der Waals surface area contributed by atoms with Crippen LogP contribution in [0.15, 0.2) is 41.7 Å². The van der Waals surface area contributed by atoms with Gasteiger partial charge in [0.05, 0.1) is 23.8 Å². The summed E-state index contributed by atoms with van der Waals surface area (Å²) >= 11 is 0. The Kier molecular flexibility index (Phi) is 3.38. The summed E-state index contributed by atoms with van der Waals surface area (Å²) < 4.78 is 0. The fourth-order valence-electron chi connectivity index (χ4n) is 1.54. The zero-order chi connectivity index (χ0) is 13.0. The quantitative estimate of drug-likeness (QED) is 0.328.